The molecule has 0 radical (unpaired) electrons. The first kappa shape index (κ1) is 18.8. The fourth-order valence-corrected chi connectivity index (χ4v) is 3.82. The molecule has 1 atom stereocenters. The van der Waals surface area contributed by atoms with Crippen LogP contribution in [0, 0.1) is 0 Å². The van der Waals surface area contributed by atoms with E-state index in [9.17, 15) is 9.90 Å². The van der Waals surface area contributed by atoms with Gasteiger partial charge in [-0.1, -0.05) is 11.6 Å². The van der Waals surface area contributed by atoms with Crippen LogP contribution in [0.15, 0.2) is 35.1 Å². The van der Waals surface area contributed by atoms with Crippen LogP contribution >= 0.6 is 11.6 Å². The highest BCUT2D eigenvalue weighted by atomic mass is 35.5. The summed E-state index contributed by atoms with van der Waals surface area (Å²) in [5.74, 6) is -0.683. The molecule has 0 aliphatic carbocycles. The van der Waals surface area contributed by atoms with E-state index in [0.717, 1.165) is 11.2 Å². The molecule has 0 aromatic carbocycles. The number of halogens is 1. The summed E-state index contributed by atoms with van der Waals surface area (Å²) < 4.78 is 7.12. The van der Waals surface area contributed by atoms with Crippen molar-refractivity contribution in [3.05, 3.63) is 64.6 Å². The zero-order valence-corrected chi connectivity index (χ0v) is 17.0. The molecule has 1 aliphatic rings. The Kier molecular flexibility index (Phi) is 4.16. The summed E-state index contributed by atoms with van der Waals surface area (Å²) in [5, 5.41) is 22.9. The van der Waals surface area contributed by atoms with Gasteiger partial charge in [0.05, 0.1) is 28.3 Å². The summed E-state index contributed by atoms with van der Waals surface area (Å²) in [7, 11) is 0. The molecular weight excluding hydrogens is 410 g/mol. The van der Waals surface area contributed by atoms with Crippen LogP contribution in [0.1, 0.15) is 53.5 Å². The lowest BCUT2D eigenvalue weighted by molar-refractivity contribution is 0.0440. The number of carbonyl (C=O) groups excluding carboxylic acids is 1. The van der Waals surface area contributed by atoms with Crippen LogP contribution in [0.4, 0.5) is 0 Å². The van der Waals surface area contributed by atoms with E-state index >= 15 is 0 Å². The number of amides is 1. The van der Waals surface area contributed by atoms with Gasteiger partial charge in [0, 0.05) is 24.9 Å². The van der Waals surface area contributed by atoms with Gasteiger partial charge >= 0.3 is 11.8 Å². The number of nitrogens with one attached hydrogen (secondary N) is 1. The first-order chi connectivity index (χ1) is 14.3. The van der Waals surface area contributed by atoms with E-state index in [2.05, 4.69) is 25.3 Å². The number of rotatable bonds is 3. The Hall–Kier alpha value is -3.24. The van der Waals surface area contributed by atoms with Gasteiger partial charge in [-0.15, -0.1) is 10.2 Å². The minimum atomic E-state index is -1.35. The Morgan fingerprint density at radius 1 is 1.40 bits per heavy atom. The van der Waals surface area contributed by atoms with E-state index in [0.29, 0.717) is 29.4 Å². The van der Waals surface area contributed by atoms with Crippen LogP contribution in [0.5, 0.6) is 0 Å². The predicted molar refractivity (Wildman–Crippen MR) is 105 cm³/mol. The number of imidazole rings is 1. The van der Waals surface area contributed by atoms with E-state index < -0.39 is 17.6 Å². The largest absolute Gasteiger partial charge is 0.414 e. The Morgan fingerprint density at radius 3 is 2.97 bits per heavy atom. The maximum absolute atomic E-state index is 13.3. The number of fused-ring (bicyclic) bond motifs is 2. The van der Waals surface area contributed by atoms with E-state index in [4.69, 9.17) is 16.0 Å². The van der Waals surface area contributed by atoms with Crippen LogP contribution < -0.4 is 0 Å². The van der Waals surface area contributed by atoms with Crippen LogP contribution in [0.2, 0.25) is 5.02 Å². The molecule has 11 heteroatoms. The van der Waals surface area contributed by atoms with Crippen LogP contribution in [-0.2, 0) is 12.0 Å². The third kappa shape index (κ3) is 2.96. The second-order valence-electron chi connectivity index (χ2n) is 7.64. The molecular formula is C19H18ClN7O3. The van der Waals surface area contributed by atoms with Gasteiger partial charge in [0.2, 0.25) is 5.89 Å². The highest BCUT2D eigenvalue weighted by Gasteiger charge is 2.38. The van der Waals surface area contributed by atoms with Gasteiger partial charge in [0.25, 0.3) is 0 Å². The molecule has 2 N–H and O–H groups in total. The molecule has 154 valence electrons. The zero-order valence-electron chi connectivity index (χ0n) is 16.2. The lowest BCUT2D eigenvalue weighted by Gasteiger charge is -2.32. The van der Waals surface area contributed by atoms with Crippen LogP contribution in [0.3, 0.4) is 0 Å². The van der Waals surface area contributed by atoms with Crippen molar-refractivity contribution in [3.63, 3.8) is 0 Å². The second-order valence-corrected chi connectivity index (χ2v) is 8.05. The molecule has 30 heavy (non-hydrogen) atoms. The summed E-state index contributed by atoms with van der Waals surface area (Å²) in [4.78, 5) is 22.5. The quantitative estimate of drug-likeness (QED) is 0.512. The Balaban J connectivity index is 1.59. The minimum Gasteiger partial charge on any atom is -0.414 e. The van der Waals surface area contributed by atoms with Crippen molar-refractivity contribution in [3.8, 4) is 0 Å². The van der Waals surface area contributed by atoms with Gasteiger partial charge in [-0.2, -0.15) is 5.10 Å². The van der Waals surface area contributed by atoms with Crippen molar-refractivity contribution in [1.29, 1.82) is 0 Å². The highest BCUT2D eigenvalue weighted by molar-refractivity contribution is 6.33. The SMILES string of the molecule is CC(C)(O)c1nnc(C(=O)N2CCc3[nH]cnc3C2c2cc3c(Cl)cccn3n2)o1. The molecule has 0 fully saturated rings. The van der Waals surface area contributed by atoms with E-state index in [1.807, 2.05) is 6.07 Å². The maximum atomic E-state index is 13.3. The zero-order chi connectivity index (χ0) is 21.0. The number of hydrogen-bond donors (Lipinski definition) is 2. The summed E-state index contributed by atoms with van der Waals surface area (Å²) in [6, 6.07) is 4.86. The Bertz CT molecular complexity index is 1250. The van der Waals surface area contributed by atoms with E-state index in [1.165, 1.54) is 13.8 Å². The van der Waals surface area contributed by atoms with Crippen molar-refractivity contribution < 1.29 is 14.3 Å². The van der Waals surface area contributed by atoms with E-state index in [1.54, 1.807) is 34.1 Å². The van der Waals surface area contributed by atoms with Crippen molar-refractivity contribution in [2.45, 2.75) is 31.9 Å². The molecule has 1 unspecified atom stereocenters. The Labute approximate surface area is 175 Å². The fourth-order valence-electron chi connectivity index (χ4n) is 3.61. The monoisotopic (exact) mass is 427 g/mol. The van der Waals surface area contributed by atoms with Gasteiger partial charge < -0.3 is 19.4 Å². The summed E-state index contributed by atoms with van der Waals surface area (Å²) >= 11 is 6.31. The number of hydrogen-bond acceptors (Lipinski definition) is 7. The van der Waals surface area contributed by atoms with Crippen LogP contribution in [-0.4, -0.2) is 52.2 Å². The number of aromatic nitrogens is 6. The van der Waals surface area contributed by atoms with Gasteiger partial charge in [0.1, 0.15) is 11.6 Å². The molecule has 4 aromatic heterocycles. The second kappa shape index (κ2) is 6.64. The molecule has 0 bridgehead atoms. The third-order valence-electron chi connectivity index (χ3n) is 5.07. The fraction of sp³-hybridized carbons (Fsp3) is 0.316. The van der Waals surface area contributed by atoms with Gasteiger partial charge in [-0.25, -0.2) is 9.50 Å². The summed E-state index contributed by atoms with van der Waals surface area (Å²) in [6.07, 6.45) is 3.99. The van der Waals surface area contributed by atoms with Crippen molar-refractivity contribution >= 4 is 23.0 Å². The normalized spacial score (nSPS) is 16.8. The maximum Gasteiger partial charge on any atom is 0.312 e. The standard InChI is InChI=1S/C19H18ClN7O3/c1-19(2,29)18-24-23-16(30-18)17(28)26-7-5-11-14(22-9-21-11)15(26)12-8-13-10(20)4-3-6-27(13)25-12/h3-4,6,8-9,15,29H,5,7H2,1-2H3,(H,21,22). The third-order valence-corrected chi connectivity index (χ3v) is 5.39. The number of nitrogens with zero attached hydrogens (tertiary/aromatic N) is 6. The minimum absolute atomic E-state index is 0.0284. The van der Waals surface area contributed by atoms with Crippen molar-refractivity contribution in [1.82, 2.24) is 34.7 Å². The smallest absolute Gasteiger partial charge is 0.312 e. The first-order valence-corrected chi connectivity index (χ1v) is 9.74. The van der Waals surface area contributed by atoms with Gasteiger partial charge in [-0.3, -0.25) is 4.79 Å². The summed E-state index contributed by atoms with van der Waals surface area (Å²) in [6.45, 7) is 3.42. The van der Waals surface area contributed by atoms with Gasteiger partial charge in [0.15, 0.2) is 0 Å². The molecule has 0 saturated heterocycles. The topological polar surface area (TPSA) is 125 Å². The average Bonchev–Trinajstić information content (AvgIpc) is 3.44. The molecule has 5 heterocycles. The first-order valence-electron chi connectivity index (χ1n) is 9.36. The molecule has 1 aliphatic heterocycles. The number of carbonyl (C=O) groups is 1. The molecule has 0 saturated carbocycles. The highest BCUT2D eigenvalue weighted by Crippen LogP contribution is 2.35. The lowest BCUT2D eigenvalue weighted by Crippen LogP contribution is -2.41. The molecule has 1 amide bonds. The number of pyridine rings is 1. The number of aliphatic hydroxyl groups is 1. The van der Waals surface area contributed by atoms with Crippen LogP contribution in [0.25, 0.3) is 5.52 Å². The predicted octanol–water partition coefficient (Wildman–Crippen LogP) is 2.11. The molecule has 4 aromatic rings. The Morgan fingerprint density at radius 2 is 2.23 bits per heavy atom. The molecule has 5 rings (SSSR count). The van der Waals surface area contributed by atoms with Gasteiger partial charge in [-0.05, 0) is 32.0 Å². The molecule has 10 nitrogen and oxygen atoms in total. The number of aromatic amines is 1. The van der Waals surface area contributed by atoms with Crippen molar-refractivity contribution in [2.75, 3.05) is 6.54 Å². The molecule has 0 spiro atoms. The number of H-pyrrole nitrogens is 1. The van der Waals surface area contributed by atoms with Crippen molar-refractivity contribution in [2.24, 2.45) is 0 Å². The lowest BCUT2D eigenvalue weighted by atomic mass is 9.99. The van der Waals surface area contributed by atoms with E-state index in [-0.39, 0.29) is 11.8 Å². The average molecular weight is 428 g/mol. The summed E-state index contributed by atoms with van der Waals surface area (Å²) in [5.41, 5.74) is 1.64.